The van der Waals surface area contributed by atoms with Gasteiger partial charge in [-0.25, -0.2) is 0 Å². The molecule has 3 nitrogen and oxygen atoms in total. The van der Waals surface area contributed by atoms with Crippen molar-refractivity contribution in [3.8, 4) is 0 Å². The molecule has 0 bridgehead atoms. The number of rotatable bonds is 3. The van der Waals surface area contributed by atoms with Crippen LogP contribution in [0.2, 0.25) is 0 Å². The maximum Gasteiger partial charge on any atom is 0.227 e. The van der Waals surface area contributed by atoms with Gasteiger partial charge in [-0.1, -0.05) is 42.5 Å². The van der Waals surface area contributed by atoms with E-state index in [0.29, 0.717) is 0 Å². The topological polar surface area (TPSA) is 41.1 Å². The molecule has 0 aromatic heterocycles. The number of hydrogen-bond acceptors (Lipinski definition) is 2. The van der Waals surface area contributed by atoms with Crippen molar-refractivity contribution in [2.24, 2.45) is 5.41 Å². The third-order valence-electron chi connectivity index (χ3n) is 4.78. The first-order valence-corrected chi connectivity index (χ1v) is 8.09. The highest BCUT2D eigenvalue weighted by atomic mass is 35.5. The van der Waals surface area contributed by atoms with E-state index >= 15 is 0 Å². The number of hydrogen-bond donors (Lipinski definition) is 2. The molecular formula is C19H25ClN2O. The average molecular weight is 333 g/mol. The lowest BCUT2D eigenvalue weighted by atomic mass is 9.81. The third kappa shape index (κ3) is 3.67. The van der Waals surface area contributed by atoms with E-state index in [4.69, 9.17) is 0 Å². The summed E-state index contributed by atoms with van der Waals surface area (Å²) in [6, 6.07) is 14.6. The Bertz CT molecular complexity index is 675. The number of benzene rings is 2. The third-order valence-corrected chi connectivity index (χ3v) is 4.78. The van der Waals surface area contributed by atoms with Crippen LogP contribution in [0.1, 0.15) is 38.3 Å². The van der Waals surface area contributed by atoms with E-state index in [1.54, 1.807) is 0 Å². The highest BCUT2D eigenvalue weighted by Crippen LogP contribution is 2.28. The molecular weight excluding hydrogens is 308 g/mol. The van der Waals surface area contributed by atoms with Gasteiger partial charge in [0.1, 0.15) is 0 Å². The first kappa shape index (κ1) is 17.8. The number of halogens is 1. The Kier molecular flexibility index (Phi) is 5.66. The van der Waals surface area contributed by atoms with Crippen LogP contribution in [0.15, 0.2) is 42.5 Å². The molecule has 0 saturated carbocycles. The second-order valence-corrected chi connectivity index (χ2v) is 6.60. The number of carbonyl (C=O) groups is 1. The number of piperidine rings is 1. The van der Waals surface area contributed by atoms with Gasteiger partial charge in [0, 0.05) is 6.54 Å². The molecule has 4 heteroatoms. The van der Waals surface area contributed by atoms with E-state index < -0.39 is 0 Å². The van der Waals surface area contributed by atoms with Crippen molar-refractivity contribution in [2.45, 2.75) is 32.7 Å². The monoisotopic (exact) mass is 332 g/mol. The molecule has 1 aliphatic heterocycles. The fourth-order valence-electron chi connectivity index (χ4n) is 3.33. The smallest absolute Gasteiger partial charge is 0.227 e. The van der Waals surface area contributed by atoms with Crippen molar-refractivity contribution >= 4 is 29.1 Å². The van der Waals surface area contributed by atoms with E-state index in [1.165, 1.54) is 16.3 Å². The zero-order chi connectivity index (χ0) is 15.6. The van der Waals surface area contributed by atoms with Gasteiger partial charge in [-0.15, -0.1) is 12.4 Å². The summed E-state index contributed by atoms with van der Waals surface area (Å²) in [7, 11) is 0. The second-order valence-electron chi connectivity index (χ2n) is 6.60. The van der Waals surface area contributed by atoms with Gasteiger partial charge in [-0.2, -0.15) is 0 Å². The van der Waals surface area contributed by atoms with Gasteiger partial charge in [0.15, 0.2) is 0 Å². The molecule has 3 rings (SSSR count). The van der Waals surface area contributed by atoms with Crippen molar-refractivity contribution in [1.29, 1.82) is 0 Å². The molecule has 124 valence electrons. The molecule has 0 aliphatic carbocycles. The summed E-state index contributed by atoms with van der Waals surface area (Å²) in [5.74, 6) is 0.153. The van der Waals surface area contributed by atoms with Crippen molar-refractivity contribution in [2.75, 3.05) is 13.1 Å². The van der Waals surface area contributed by atoms with Crippen LogP contribution in [-0.4, -0.2) is 19.0 Å². The Balaban J connectivity index is 0.00000192. The van der Waals surface area contributed by atoms with Crippen LogP contribution in [0.3, 0.4) is 0 Å². The van der Waals surface area contributed by atoms with E-state index in [0.717, 1.165) is 25.9 Å². The highest BCUT2D eigenvalue weighted by Gasteiger charge is 2.35. The summed E-state index contributed by atoms with van der Waals surface area (Å²) in [4.78, 5) is 12.7. The molecule has 2 atom stereocenters. The lowest BCUT2D eigenvalue weighted by molar-refractivity contribution is -0.131. The van der Waals surface area contributed by atoms with E-state index in [1.807, 2.05) is 12.1 Å². The first-order valence-electron chi connectivity index (χ1n) is 8.09. The van der Waals surface area contributed by atoms with Crippen LogP contribution in [0.25, 0.3) is 10.8 Å². The molecule has 1 amide bonds. The average Bonchev–Trinajstić information content (AvgIpc) is 2.55. The summed E-state index contributed by atoms with van der Waals surface area (Å²) in [5, 5.41) is 8.98. The number of nitrogens with one attached hydrogen (secondary N) is 2. The minimum atomic E-state index is -0.295. The molecule has 0 radical (unpaired) electrons. The van der Waals surface area contributed by atoms with Gasteiger partial charge < -0.3 is 10.6 Å². The van der Waals surface area contributed by atoms with E-state index in [-0.39, 0.29) is 29.8 Å². The maximum atomic E-state index is 12.7. The summed E-state index contributed by atoms with van der Waals surface area (Å²) >= 11 is 0. The normalized spacial score (nSPS) is 22.2. The highest BCUT2D eigenvalue weighted by molar-refractivity contribution is 5.88. The molecule has 2 N–H and O–H groups in total. The molecule has 1 fully saturated rings. The van der Waals surface area contributed by atoms with Gasteiger partial charge in [0.2, 0.25) is 5.91 Å². The maximum absolute atomic E-state index is 12.7. The minimum absolute atomic E-state index is 0. The standard InChI is InChI=1S/C19H24N2O.ClH/c1-14(21-18(22)19(2)11-6-12-20-13-19)16-10-5-8-15-7-3-4-9-17(15)16;/h3-5,7-10,14,20H,6,11-13H2,1-2H3,(H,21,22);1H. The molecule has 2 aromatic rings. The number of fused-ring (bicyclic) bond motifs is 1. The molecule has 23 heavy (non-hydrogen) atoms. The van der Waals surface area contributed by atoms with E-state index in [2.05, 4.69) is 54.8 Å². The quantitative estimate of drug-likeness (QED) is 0.897. The Hall–Kier alpha value is -1.58. The fraction of sp³-hybridized carbons (Fsp3) is 0.421. The minimum Gasteiger partial charge on any atom is -0.349 e. The fourth-order valence-corrected chi connectivity index (χ4v) is 3.33. The largest absolute Gasteiger partial charge is 0.349 e. The SMILES string of the molecule is CC(NC(=O)C1(C)CCCNC1)c1cccc2ccccc12.Cl. The van der Waals surface area contributed by atoms with Crippen LogP contribution in [0, 0.1) is 5.41 Å². The number of amides is 1. The zero-order valence-corrected chi connectivity index (χ0v) is 14.6. The van der Waals surface area contributed by atoms with Crippen molar-refractivity contribution in [3.63, 3.8) is 0 Å². The lowest BCUT2D eigenvalue weighted by Gasteiger charge is -2.34. The molecule has 0 spiro atoms. The first-order chi connectivity index (χ1) is 10.6. The predicted molar refractivity (Wildman–Crippen MR) is 98.0 cm³/mol. The summed E-state index contributed by atoms with van der Waals surface area (Å²) in [6.07, 6.45) is 2.01. The molecule has 2 aromatic carbocycles. The Morgan fingerprint density at radius 2 is 1.96 bits per heavy atom. The van der Waals surface area contributed by atoms with Crippen LogP contribution in [-0.2, 0) is 4.79 Å². The van der Waals surface area contributed by atoms with Crippen molar-refractivity contribution in [3.05, 3.63) is 48.0 Å². The van der Waals surface area contributed by atoms with Gasteiger partial charge in [0.25, 0.3) is 0 Å². The molecule has 1 saturated heterocycles. The summed E-state index contributed by atoms with van der Waals surface area (Å²) < 4.78 is 0. The van der Waals surface area contributed by atoms with Gasteiger partial charge in [0.05, 0.1) is 11.5 Å². The molecule has 2 unspecified atom stereocenters. The number of carbonyl (C=O) groups excluding carboxylic acids is 1. The Morgan fingerprint density at radius 1 is 1.22 bits per heavy atom. The molecule has 1 aliphatic rings. The predicted octanol–water partition coefficient (Wildman–Crippen LogP) is 3.83. The molecule has 1 heterocycles. The summed E-state index contributed by atoms with van der Waals surface area (Å²) in [5.41, 5.74) is 0.885. The van der Waals surface area contributed by atoms with E-state index in [9.17, 15) is 4.79 Å². The lowest BCUT2D eigenvalue weighted by Crippen LogP contribution is -2.49. The van der Waals surface area contributed by atoms with Crippen LogP contribution in [0.5, 0.6) is 0 Å². The Morgan fingerprint density at radius 3 is 2.70 bits per heavy atom. The van der Waals surface area contributed by atoms with Crippen LogP contribution >= 0.6 is 12.4 Å². The van der Waals surface area contributed by atoms with Crippen LogP contribution < -0.4 is 10.6 Å². The van der Waals surface area contributed by atoms with Crippen molar-refractivity contribution in [1.82, 2.24) is 10.6 Å². The van der Waals surface area contributed by atoms with Crippen LogP contribution in [0.4, 0.5) is 0 Å². The van der Waals surface area contributed by atoms with Gasteiger partial charge in [-0.3, -0.25) is 4.79 Å². The van der Waals surface area contributed by atoms with Gasteiger partial charge in [-0.05, 0) is 49.6 Å². The van der Waals surface area contributed by atoms with Gasteiger partial charge >= 0.3 is 0 Å². The zero-order valence-electron chi connectivity index (χ0n) is 13.8. The van der Waals surface area contributed by atoms with Crippen molar-refractivity contribution < 1.29 is 4.79 Å². The Labute approximate surface area is 144 Å². The second kappa shape index (κ2) is 7.33. The summed E-state index contributed by atoms with van der Waals surface area (Å²) in [6.45, 7) is 5.91.